The Labute approximate surface area is 181 Å². The number of ether oxygens (including phenoxy) is 1. The maximum absolute atomic E-state index is 13.5. The number of nitrogens with zero attached hydrogens (tertiary/aromatic N) is 3. The van der Waals surface area contributed by atoms with Gasteiger partial charge in [-0.1, -0.05) is 13.8 Å². The monoisotopic (exact) mass is 425 g/mol. The molecule has 1 aliphatic carbocycles. The van der Waals surface area contributed by atoms with E-state index in [0.717, 1.165) is 47.8 Å². The lowest BCUT2D eigenvalue weighted by atomic mass is 9.90. The van der Waals surface area contributed by atoms with Crippen molar-refractivity contribution < 1.29 is 9.53 Å². The van der Waals surface area contributed by atoms with Gasteiger partial charge in [-0.15, -0.1) is 0 Å². The van der Waals surface area contributed by atoms with Crippen LogP contribution in [0.15, 0.2) is 23.3 Å². The quantitative estimate of drug-likeness (QED) is 0.647. The van der Waals surface area contributed by atoms with Crippen molar-refractivity contribution >= 4 is 28.2 Å². The van der Waals surface area contributed by atoms with Gasteiger partial charge in [0.2, 0.25) is 0 Å². The Balaban J connectivity index is 1.65. The Morgan fingerprint density at radius 2 is 1.97 bits per heavy atom. The second kappa shape index (κ2) is 7.98. The summed E-state index contributed by atoms with van der Waals surface area (Å²) in [6, 6.07) is 2.05. The first-order chi connectivity index (χ1) is 14.6. The number of aromatic nitrogens is 4. The van der Waals surface area contributed by atoms with E-state index < -0.39 is 5.60 Å². The van der Waals surface area contributed by atoms with Crippen LogP contribution in [0.1, 0.15) is 78.0 Å². The number of nitrogens with one attached hydrogen (secondary N) is 2. The topological polar surface area (TPSA) is 102 Å². The van der Waals surface area contributed by atoms with Gasteiger partial charge in [-0.2, -0.15) is 0 Å². The lowest BCUT2D eigenvalue weighted by Gasteiger charge is -2.32. The molecule has 166 valence electrons. The van der Waals surface area contributed by atoms with E-state index in [-0.39, 0.29) is 29.7 Å². The van der Waals surface area contributed by atoms with Crippen molar-refractivity contribution in [2.75, 3.05) is 0 Å². The van der Waals surface area contributed by atoms with Crippen LogP contribution in [-0.2, 0) is 4.74 Å². The number of hydrogen-bond acceptors (Lipinski definition) is 5. The Kier molecular flexibility index (Phi) is 5.49. The number of fused-ring (bicyclic) bond motifs is 3. The summed E-state index contributed by atoms with van der Waals surface area (Å²) >= 11 is 0. The standard InChI is InChI=1S/C23H31N5O3/c1-13(2)18-21(29)28(19-16-10-11-24-20(16)25-12-17(19)27-18)15-8-6-14(7-9-15)26-22(30)31-23(3,4)5/h10-15H,6-9H2,1-5H3,(H,24,25)(H,26,30)/t14-,15-. The molecule has 1 saturated carbocycles. The van der Waals surface area contributed by atoms with Crippen LogP contribution < -0.4 is 10.9 Å². The number of H-pyrrole nitrogens is 1. The summed E-state index contributed by atoms with van der Waals surface area (Å²) in [6.07, 6.45) is 6.37. The fourth-order valence-electron chi connectivity index (χ4n) is 4.40. The molecule has 4 rings (SSSR count). The number of aromatic amines is 1. The highest BCUT2D eigenvalue weighted by molar-refractivity contribution is 6.00. The van der Waals surface area contributed by atoms with Crippen molar-refractivity contribution in [3.8, 4) is 0 Å². The molecule has 2 N–H and O–H groups in total. The highest BCUT2D eigenvalue weighted by Crippen LogP contribution is 2.32. The molecule has 0 unspecified atom stereocenters. The zero-order valence-corrected chi connectivity index (χ0v) is 18.9. The van der Waals surface area contributed by atoms with Crippen LogP contribution >= 0.6 is 0 Å². The Bertz CT molecular complexity index is 1160. The first kappa shape index (κ1) is 21.3. The third-order valence-electron chi connectivity index (χ3n) is 5.79. The predicted octanol–water partition coefficient (Wildman–Crippen LogP) is 4.40. The highest BCUT2D eigenvalue weighted by atomic mass is 16.6. The van der Waals surface area contributed by atoms with Gasteiger partial charge in [-0.25, -0.2) is 14.8 Å². The van der Waals surface area contributed by atoms with E-state index in [0.29, 0.717) is 5.69 Å². The number of amides is 1. The van der Waals surface area contributed by atoms with Crippen molar-refractivity contribution in [2.45, 2.75) is 83.9 Å². The second-order valence-corrected chi connectivity index (χ2v) is 9.71. The van der Waals surface area contributed by atoms with E-state index in [2.05, 4.69) is 20.3 Å². The van der Waals surface area contributed by atoms with Gasteiger partial charge in [0, 0.05) is 29.6 Å². The van der Waals surface area contributed by atoms with Crippen molar-refractivity contribution in [1.82, 2.24) is 24.8 Å². The molecule has 0 spiro atoms. The van der Waals surface area contributed by atoms with Crippen LogP contribution in [-0.4, -0.2) is 37.3 Å². The minimum Gasteiger partial charge on any atom is -0.444 e. The van der Waals surface area contributed by atoms with Crippen LogP contribution in [0.4, 0.5) is 4.79 Å². The number of pyridine rings is 1. The second-order valence-electron chi connectivity index (χ2n) is 9.71. The van der Waals surface area contributed by atoms with Gasteiger partial charge in [-0.3, -0.25) is 4.79 Å². The molecule has 0 bridgehead atoms. The molecule has 8 nitrogen and oxygen atoms in total. The predicted molar refractivity (Wildman–Crippen MR) is 120 cm³/mol. The Hall–Kier alpha value is -2.90. The smallest absolute Gasteiger partial charge is 0.407 e. The van der Waals surface area contributed by atoms with Crippen molar-refractivity contribution in [3.05, 3.63) is 34.5 Å². The summed E-state index contributed by atoms with van der Waals surface area (Å²) in [7, 11) is 0. The van der Waals surface area contributed by atoms with E-state index >= 15 is 0 Å². The van der Waals surface area contributed by atoms with E-state index in [4.69, 9.17) is 4.74 Å². The summed E-state index contributed by atoms with van der Waals surface area (Å²) < 4.78 is 7.32. The third kappa shape index (κ3) is 4.29. The van der Waals surface area contributed by atoms with Crippen LogP contribution in [0.2, 0.25) is 0 Å². The summed E-state index contributed by atoms with van der Waals surface area (Å²) in [6.45, 7) is 9.54. The first-order valence-corrected chi connectivity index (χ1v) is 11.0. The third-order valence-corrected chi connectivity index (χ3v) is 5.79. The number of carbonyl (C=O) groups excluding carboxylic acids is 1. The zero-order valence-electron chi connectivity index (χ0n) is 18.9. The van der Waals surface area contributed by atoms with Crippen molar-refractivity contribution in [2.24, 2.45) is 0 Å². The van der Waals surface area contributed by atoms with E-state index in [1.807, 2.05) is 51.4 Å². The van der Waals surface area contributed by atoms with Gasteiger partial charge in [0.05, 0.1) is 11.7 Å². The minimum atomic E-state index is -0.520. The molecule has 0 radical (unpaired) electrons. The molecule has 3 aromatic rings. The minimum absolute atomic E-state index is 0.0234. The number of alkyl carbamates (subject to hydrolysis) is 1. The zero-order chi connectivity index (χ0) is 22.3. The molecule has 3 aromatic heterocycles. The van der Waals surface area contributed by atoms with E-state index in [9.17, 15) is 9.59 Å². The SMILES string of the molecule is CC(C)c1nc2cnc3[nH]ccc3c2n([C@H]2CC[C@H](NC(=O)OC(C)(C)C)CC2)c1=O. The van der Waals surface area contributed by atoms with Crippen LogP contribution in [0.5, 0.6) is 0 Å². The normalized spacial score (nSPS) is 19.8. The molecule has 31 heavy (non-hydrogen) atoms. The first-order valence-electron chi connectivity index (χ1n) is 11.0. The lowest BCUT2D eigenvalue weighted by molar-refractivity contribution is 0.0488. The van der Waals surface area contributed by atoms with Gasteiger partial charge < -0.3 is 19.6 Å². The molecule has 8 heteroatoms. The highest BCUT2D eigenvalue weighted by Gasteiger charge is 2.28. The molecule has 3 heterocycles. The maximum Gasteiger partial charge on any atom is 0.407 e. The number of hydrogen-bond donors (Lipinski definition) is 2. The average molecular weight is 426 g/mol. The molecule has 0 atom stereocenters. The summed E-state index contributed by atoms with van der Waals surface area (Å²) in [4.78, 5) is 37.9. The number of carbonyl (C=O) groups is 1. The molecular formula is C23H31N5O3. The maximum atomic E-state index is 13.5. The molecule has 1 fully saturated rings. The molecule has 0 saturated heterocycles. The van der Waals surface area contributed by atoms with Crippen molar-refractivity contribution in [1.29, 1.82) is 0 Å². The average Bonchev–Trinajstić information content (AvgIpc) is 3.15. The fourth-order valence-corrected chi connectivity index (χ4v) is 4.40. The summed E-state index contributed by atoms with van der Waals surface area (Å²) in [5, 5.41) is 3.89. The fraction of sp³-hybridized carbons (Fsp3) is 0.565. The molecule has 1 aliphatic rings. The van der Waals surface area contributed by atoms with Crippen molar-refractivity contribution in [3.63, 3.8) is 0 Å². The molecule has 0 aromatic carbocycles. The van der Waals surface area contributed by atoms with Crippen LogP contribution in [0, 0.1) is 0 Å². The van der Waals surface area contributed by atoms with Gasteiger partial charge >= 0.3 is 6.09 Å². The molecule has 1 amide bonds. The van der Waals surface area contributed by atoms with E-state index in [1.54, 1.807) is 6.20 Å². The Morgan fingerprint density at radius 1 is 1.26 bits per heavy atom. The van der Waals surface area contributed by atoms with Crippen LogP contribution in [0.3, 0.4) is 0 Å². The van der Waals surface area contributed by atoms with Crippen LogP contribution in [0.25, 0.3) is 22.1 Å². The van der Waals surface area contributed by atoms with Gasteiger partial charge in [0.25, 0.3) is 5.56 Å². The summed E-state index contributed by atoms with van der Waals surface area (Å²) in [5.74, 6) is 0.0234. The molecular weight excluding hydrogens is 394 g/mol. The molecule has 0 aliphatic heterocycles. The largest absolute Gasteiger partial charge is 0.444 e. The Morgan fingerprint density at radius 3 is 2.61 bits per heavy atom. The summed E-state index contributed by atoms with van der Waals surface area (Å²) in [5.41, 5.74) is 2.35. The van der Waals surface area contributed by atoms with Gasteiger partial charge in [0.15, 0.2) is 0 Å². The lowest BCUT2D eigenvalue weighted by Crippen LogP contribution is -2.42. The number of rotatable bonds is 3. The van der Waals surface area contributed by atoms with E-state index in [1.165, 1.54) is 0 Å². The van der Waals surface area contributed by atoms with Gasteiger partial charge in [-0.05, 0) is 52.5 Å². The van der Waals surface area contributed by atoms with Gasteiger partial charge in [0.1, 0.15) is 22.5 Å².